The molecule has 0 aliphatic rings. The molecule has 0 fully saturated rings. The third-order valence-electron chi connectivity index (χ3n) is 2.04. The Labute approximate surface area is 109 Å². The fourth-order valence-corrected chi connectivity index (χ4v) is 1.33. The van der Waals surface area contributed by atoms with Gasteiger partial charge in [0.2, 0.25) is 0 Å². The second kappa shape index (κ2) is 6.97. The Morgan fingerprint density at radius 1 is 1.32 bits per heavy atom. The van der Waals surface area contributed by atoms with Crippen LogP contribution in [0.25, 0.3) is 6.08 Å². The van der Waals surface area contributed by atoms with Crippen LogP contribution in [-0.4, -0.2) is 13.2 Å². The molecule has 0 bridgehead atoms. The lowest BCUT2D eigenvalue weighted by atomic mass is 10.1. The normalized spacial score (nSPS) is 9.37. The largest absolute Gasteiger partial charge is 0.490 e. The van der Waals surface area contributed by atoms with Crippen molar-refractivity contribution < 1.29 is 18.3 Å². The average molecular weight is 264 g/mol. The van der Waals surface area contributed by atoms with Crippen LogP contribution in [0.5, 0.6) is 11.5 Å². The molecule has 0 N–H and O–H groups in total. The summed E-state index contributed by atoms with van der Waals surface area (Å²) < 4.78 is 33.8. The van der Waals surface area contributed by atoms with Gasteiger partial charge in [-0.1, -0.05) is 6.07 Å². The Kier molecular flexibility index (Phi) is 5.31. The summed E-state index contributed by atoms with van der Waals surface area (Å²) in [6.07, 6.45) is 1.33. The molecule has 4 nitrogen and oxygen atoms in total. The Morgan fingerprint density at radius 3 is 2.53 bits per heavy atom. The summed E-state index contributed by atoms with van der Waals surface area (Å²) in [4.78, 5) is 0. The first-order valence-corrected chi connectivity index (χ1v) is 5.34. The molecule has 0 saturated carbocycles. The van der Waals surface area contributed by atoms with Crippen molar-refractivity contribution in [3.8, 4) is 23.6 Å². The topological polar surface area (TPSA) is 66.0 Å². The van der Waals surface area contributed by atoms with Gasteiger partial charge in [0.05, 0.1) is 6.61 Å². The third kappa shape index (κ3) is 4.29. The van der Waals surface area contributed by atoms with Crippen molar-refractivity contribution in [3.05, 3.63) is 29.3 Å². The van der Waals surface area contributed by atoms with Crippen molar-refractivity contribution in [1.29, 1.82) is 10.5 Å². The Hall–Kier alpha value is -2.60. The van der Waals surface area contributed by atoms with E-state index in [1.807, 2.05) is 0 Å². The van der Waals surface area contributed by atoms with Crippen molar-refractivity contribution in [2.24, 2.45) is 0 Å². The van der Waals surface area contributed by atoms with Gasteiger partial charge in [-0.25, -0.2) is 0 Å². The first-order valence-electron chi connectivity index (χ1n) is 5.34. The molecule has 0 amide bonds. The van der Waals surface area contributed by atoms with E-state index in [1.54, 1.807) is 19.1 Å². The number of allylic oxidation sites excluding steroid dienone is 1. The molecule has 0 heterocycles. The van der Waals surface area contributed by atoms with Crippen LogP contribution in [0.2, 0.25) is 0 Å². The zero-order valence-electron chi connectivity index (χ0n) is 10.1. The van der Waals surface area contributed by atoms with Crippen molar-refractivity contribution in [2.75, 3.05) is 6.61 Å². The second-order valence-electron chi connectivity index (χ2n) is 3.30. The predicted octanol–water partition coefficient (Wildman–Crippen LogP) is 3.12. The first-order chi connectivity index (χ1) is 9.10. The molecule has 0 spiro atoms. The maximum atomic E-state index is 12.2. The minimum Gasteiger partial charge on any atom is -0.490 e. The van der Waals surface area contributed by atoms with Crippen LogP contribution in [0.15, 0.2) is 23.8 Å². The number of halogens is 2. The monoisotopic (exact) mass is 264 g/mol. The van der Waals surface area contributed by atoms with Gasteiger partial charge in [0, 0.05) is 0 Å². The molecule has 0 unspecified atom stereocenters. The molecule has 98 valence electrons. The summed E-state index contributed by atoms with van der Waals surface area (Å²) in [5, 5.41) is 17.3. The summed E-state index contributed by atoms with van der Waals surface area (Å²) in [6, 6.07) is 7.59. The smallest absolute Gasteiger partial charge is 0.387 e. The molecule has 0 aliphatic carbocycles. The van der Waals surface area contributed by atoms with E-state index in [4.69, 9.17) is 15.3 Å². The highest BCUT2D eigenvalue weighted by atomic mass is 19.3. The number of nitrogens with zero attached hydrogens (tertiary/aromatic N) is 2. The molecular weight excluding hydrogens is 254 g/mol. The SMILES string of the molecule is CCOc1cc(C=C(C#N)C#N)ccc1OC(F)F. The Bertz CT molecular complexity index is 541. The van der Waals surface area contributed by atoms with E-state index in [0.29, 0.717) is 5.56 Å². The van der Waals surface area contributed by atoms with Gasteiger partial charge in [-0.15, -0.1) is 0 Å². The van der Waals surface area contributed by atoms with Gasteiger partial charge in [0.1, 0.15) is 17.7 Å². The van der Waals surface area contributed by atoms with Gasteiger partial charge in [0.15, 0.2) is 11.5 Å². The van der Waals surface area contributed by atoms with Gasteiger partial charge in [-0.3, -0.25) is 0 Å². The maximum Gasteiger partial charge on any atom is 0.387 e. The zero-order valence-corrected chi connectivity index (χ0v) is 10.1. The fourth-order valence-electron chi connectivity index (χ4n) is 1.33. The minimum atomic E-state index is -2.95. The lowest BCUT2D eigenvalue weighted by Gasteiger charge is -2.11. The van der Waals surface area contributed by atoms with E-state index in [2.05, 4.69) is 4.74 Å². The third-order valence-corrected chi connectivity index (χ3v) is 2.04. The summed E-state index contributed by atoms with van der Waals surface area (Å²) >= 11 is 0. The number of hydrogen-bond donors (Lipinski definition) is 0. The molecule has 0 atom stereocenters. The van der Waals surface area contributed by atoms with Crippen molar-refractivity contribution >= 4 is 6.08 Å². The van der Waals surface area contributed by atoms with Gasteiger partial charge in [-0.2, -0.15) is 19.3 Å². The number of benzene rings is 1. The lowest BCUT2D eigenvalue weighted by Crippen LogP contribution is -2.04. The van der Waals surface area contributed by atoms with Gasteiger partial charge >= 0.3 is 6.61 Å². The maximum absolute atomic E-state index is 12.2. The average Bonchev–Trinajstić information content (AvgIpc) is 2.38. The van der Waals surface area contributed by atoms with Crippen LogP contribution in [0.3, 0.4) is 0 Å². The highest BCUT2D eigenvalue weighted by molar-refractivity contribution is 5.64. The number of alkyl halides is 2. The fraction of sp³-hybridized carbons (Fsp3) is 0.231. The standard InChI is InChI=1S/C13H10F2N2O2/c1-2-18-12-6-9(5-10(7-16)8-17)3-4-11(12)19-13(14)15/h3-6,13H,2H2,1H3. The van der Waals surface area contributed by atoms with Crippen molar-refractivity contribution in [2.45, 2.75) is 13.5 Å². The molecule has 1 aromatic rings. The van der Waals surface area contributed by atoms with Crippen molar-refractivity contribution in [1.82, 2.24) is 0 Å². The molecule has 1 rings (SSSR count). The highest BCUT2D eigenvalue weighted by Crippen LogP contribution is 2.30. The molecule has 1 aromatic carbocycles. The number of nitriles is 2. The van der Waals surface area contributed by atoms with Gasteiger partial charge < -0.3 is 9.47 Å². The quantitative estimate of drug-likeness (QED) is 0.766. The van der Waals surface area contributed by atoms with Gasteiger partial charge in [0.25, 0.3) is 0 Å². The second-order valence-corrected chi connectivity index (χ2v) is 3.30. The van der Waals surface area contributed by atoms with E-state index in [1.165, 1.54) is 24.3 Å². The molecular formula is C13H10F2N2O2. The van der Waals surface area contributed by atoms with Gasteiger partial charge in [-0.05, 0) is 30.7 Å². The zero-order chi connectivity index (χ0) is 14.3. The Morgan fingerprint density at radius 2 is 2.00 bits per heavy atom. The molecule has 0 aliphatic heterocycles. The van der Waals surface area contributed by atoms with Crippen LogP contribution in [0.1, 0.15) is 12.5 Å². The van der Waals surface area contributed by atoms with Crippen LogP contribution >= 0.6 is 0 Å². The minimum absolute atomic E-state index is 0.0926. The summed E-state index contributed by atoms with van der Waals surface area (Å²) in [7, 11) is 0. The van der Waals surface area contributed by atoms with E-state index in [9.17, 15) is 8.78 Å². The van der Waals surface area contributed by atoms with Crippen LogP contribution in [0, 0.1) is 22.7 Å². The first kappa shape index (κ1) is 14.5. The van der Waals surface area contributed by atoms with E-state index in [-0.39, 0.29) is 23.7 Å². The van der Waals surface area contributed by atoms with Crippen LogP contribution in [0.4, 0.5) is 8.78 Å². The summed E-state index contributed by atoms with van der Waals surface area (Å²) in [5.74, 6) is 0.0382. The van der Waals surface area contributed by atoms with E-state index < -0.39 is 6.61 Å². The summed E-state index contributed by atoms with van der Waals surface area (Å²) in [6.45, 7) is -0.977. The molecule has 0 saturated heterocycles. The Balaban J connectivity index is 3.13. The molecule has 0 radical (unpaired) electrons. The number of ether oxygens (including phenoxy) is 2. The molecule has 6 heteroatoms. The van der Waals surface area contributed by atoms with E-state index >= 15 is 0 Å². The van der Waals surface area contributed by atoms with Crippen LogP contribution < -0.4 is 9.47 Å². The van der Waals surface area contributed by atoms with Crippen molar-refractivity contribution in [3.63, 3.8) is 0 Å². The van der Waals surface area contributed by atoms with Crippen LogP contribution in [-0.2, 0) is 0 Å². The molecule has 0 aromatic heterocycles. The number of rotatable bonds is 5. The lowest BCUT2D eigenvalue weighted by molar-refractivity contribution is -0.0514. The summed E-state index contributed by atoms with van der Waals surface area (Å²) in [5.41, 5.74) is 0.396. The highest BCUT2D eigenvalue weighted by Gasteiger charge is 2.11. The number of hydrogen-bond acceptors (Lipinski definition) is 4. The molecule has 19 heavy (non-hydrogen) atoms. The predicted molar refractivity (Wildman–Crippen MR) is 63.4 cm³/mol. The van der Waals surface area contributed by atoms with E-state index in [0.717, 1.165) is 0 Å².